The first kappa shape index (κ1) is 18.4. The molecule has 2 N–H and O–H groups in total. The molecule has 25 heavy (non-hydrogen) atoms. The van der Waals surface area contributed by atoms with Crippen molar-refractivity contribution in [3.63, 3.8) is 0 Å². The first-order chi connectivity index (χ1) is 11.9. The molecule has 0 aliphatic heterocycles. The summed E-state index contributed by atoms with van der Waals surface area (Å²) in [7, 11) is 0. The van der Waals surface area contributed by atoms with E-state index in [4.69, 9.17) is 16.9 Å². The van der Waals surface area contributed by atoms with Crippen LogP contribution in [0.2, 0.25) is 5.02 Å². The Morgan fingerprint density at radius 1 is 1.36 bits per heavy atom. The zero-order valence-electron chi connectivity index (χ0n) is 13.3. The number of hydrogen-bond acceptors (Lipinski definition) is 5. The summed E-state index contributed by atoms with van der Waals surface area (Å²) in [5.74, 6) is -0.371. The Labute approximate surface area is 149 Å². The monoisotopic (exact) mass is 358 g/mol. The standard InChI is InChI=1S/C17H15ClN4O3/c1-11(14-4-2-3-5-15(14)18)20-10-17(23)21-16-7-6-13(22(24)25)8-12(16)9-19/h2-8,11,20H,10H2,1H3,(H,21,23)/t11-/m1/s1. The number of nitrogens with zero attached hydrogens (tertiary/aromatic N) is 2. The summed E-state index contributed by atoms with van der Waals surface area (Å²) in [6.45, 7) is 1.87. The number of halogens is 1. The van der Waals surface area contributed by atoms with Crippen molar-refractivity contribution in [1.82, 2.24) is 5.32 Å². The Bertz CT molecular complexity index is 848. The minimum Gasteiger partial charge on any atom is -0.324 e. The van der Waals surface area contributed by atoms with Crippen LogP contribution in [0, 0.1) is 21.4 Å². The number of carbonyl (C=O) groups is 1. The SMILES string of the molecule is C[C@@H](NCC(=O)Nc1ccc([N+](=O)[O-])cc1C#N)c1ccccc1Cl. The van der Waals surface area contributed by atoms with E-state index in [1.54, 1.807) is 6.07 Å². The Morgan fingerprint density at radius 3 is 2.72 bits per heavy atom. The third-order valence-electron chi connectivity index (χ3n) is 3.55. The maximum atomic E-state index is 12.1. The van der Waals surface area contributed by atoms with E-state index in [9.17, 15) is 14.9 Å². The number of non-ortho nitro benzene ring substituents is 1. The summed E-state index contributed by atoms with van der Waals surface area (Å²) in [6, 6.07) is 12.7. The van der Waals surface area contributed by atoms with Crippen LogP contribution in [-0.2, 0) is 4.79 Å². The molecule has 0 saturated carbocycles. The van der Waals surface area contributed by atoms with Gasteiger partial charge in [0.2, 0.25) is 5.91 Å². The van der Waals surface area contributed by atoms with Crippen molar-refractivity contribution >= 4 is 28.9 Å². The second-order valence-electron chi connectivity index (χ2n) is 5.27. The predicted molar refractivity (Wildman–Crippen MR) is 94.3 cm³/mol. The average molecular weight is 359 g/mol. The van der Waals surface area contributed by atoms with Gasteiger partial charge in [-0.25, -0.2) is 0 Å². The molecule has 2 aromatic carbocycles. The molecule has 0 spiro atoms. The van der Waals surface area contributed by atoms with Crippen molar-refractivity contribution in [2.45, 2.75) is 13.0 Å². The number of nitrogens with one attached hydrogen (secondary N) is 2. The van der Waals surface area contributed by atoms with Crippen LogP contribution in [0.1, 0.15) is 24.1 Å². The van der Waals surface area contributed by atoms with Crippen LogP contribution in [0.3, 0.4) is 0 Å². The summed E-state index contributed by atoms with van der Waals surface area (Å²) in [5, 5.41) is 26.0. The molecule has 7 nitrogen and oxygen atoms in total. The number of rotatable bonds is 6. The molecule has 1 amide bonds. The van der Waals surface area contributed by atoms with Gasteiger partial charge in [0.05, 0.1) is 22.7 Å². The Kier molecular flexibility index (Phi) is 6.06. The van der Waals surface area contributed by atoms with Crippen molar-refractivity contribution in [1.29, 1.82) is 5.26 Å². The molecular weight excluding hydrogens is 344 g/mol. The van der Waals surface area contributed by atoms with Gasteiger partial charge in [-0.15, -0.1) is 0 Å². The topological polar surface area (TPSA) is 108 Å². The zero-order valence-corrected chi connectivity index (χ0v) is 14.1. The number of carbonyl (C=O) groups excluding carboxylic acids is 1. The van der Waals surface area contributed by atoms with Crippen LogP contribution in [0.15, 0.2) is 42.5 Å². The number of amides is 1. The summed E-state index contributed by atoms with van der Waals surface area (Å²) in [5.41, 5.74) is 0.914. The van der Waals surface area contributed by atoms with E-state index < -0.39 is 4.92 Å². The minimum absolute atomic E-state index is 0.00571. The fraction of sp³-hybridized carbons (Fsp3) is 0.176. The number of nitro groups is 1. The van der Waals surface area contributed by atoms with Gasteiger partial charge in [0, 0.05) is 23.2 Å². The average Bonchev–Trinajstić information content (AvgIpc) is 2.60. The normalized spacial score (nSPS) is 11.4. The van der Waals surface area contributed by atoms with Gasteiger partial charge in [-0.2, -0.15) is 5.26 Å². The van der Waals surface area contributed by atoms with Crippen molar-refractivity contribution in [3.05, 3.63) is 68.7 Å². The van der Waals surface area contributed by atoms with Gasteiger partial charge >= 0.3 is 0 Å². The molecule has 0 radical (unpaired) electrons. The number of anilines is 1. The lowest BCUT2D eigenvalue weighted by molar-refractivity contribution is -0.384. The predicted octanol–water partition coefficient (Wildman–Crippen LogP) is 3.41. The largest absolute Gasteiger partial charge is 0.324 e. The van der Waals surface area contributed by atoms with Gasteiger partial charge in [-0.3, -0.25) is 14.9 Å². The first-order valence-electron chi connectivity index (χ1n) is 7.38. The Hall–Kier alpha value is -2.95. The van der Waals surface area contributed by atoms with Gasteiger partial charge in [-0.05, 0) is 24.6 Å². The van der Waals surface area contributed by atoms with Crippen LogP contribution >= 0.6 is 11.6 Å². The van der Waals surface area contributed by atoms with Gasteiger partial charge in [0.25, 0.3) is 5.69 Å². The van der Waals surface area contributed by atoms with E-state index >= 15 is 0 Å². The summed E-state index contributed by atoms with van der Waals surface area (Å²) in [6.07, 6.45) is 0. The molecule has 1 atom stereocenters. The van der Waals surface area contributed by atoms with Crippen LogP contribution in [0.5, 0.6) is 0 Å². The highest BCUT2D eigenvalue weighted by molar-refractivity contribution is 6.31. The van der Waals surface area contributed by atoms with E-state index in [2.05, 4.69) is 10.6 Å². The fourth-order valence-corrected chi connectivity index (χ4v) is 2.52. The Balaban J connectivity index is 2.00. The summed E-state index contributed by atoms with van der Waals surface area (Å²) >= 11 is 6.11. The molecule has 0 bridgehead atoms. The highest BCUT2D eigenvalue weighted by atomic mass is 35.5. The molecule has 0 saturated heterocycles. The van der Waals surface area contributed by atoms with E-state index in [1.807, 2.05) is 31.2 Å². The van der Waals surface area contributed by atoms with E-state index in [0.717, 1.165) is 11.6 Å². The fourth-order valence-electron chi connectivity index (χ4n) is 2.22. The number of benzene rings is 2. The molecule has 8 heteroatoms. The van der Waals surface area contributed by atoms with Gasteiger partial charge < -0.3 is 10.6 Å². The number of nitro benzene ring substituents is 1. The molecule has 0 aromatic heterocycles. The molecule has 2 rings (SSSR count). The molecule has 0 unspecified atom stereocenters. The molecular formula is C17H15ClN4O3. The van der Waals surface area contributed by atoms with Crippen LogP contribution < -0.4 is 10.6 Å². The highest BCUT2D eigenvalue weighted by Gasteiger charge is 2.14. The molecule has 0 fully saturated rings. The van der Waals surface area contributed by atoms with Crippen LogP contribution in [0.25, 0.3) is 0 Å². The number of nitriles is 1. The van der Waals surface area contributed by atoms with Gasteiger partial charge in [0.1, 0.15) is 6.07 Å². The first-order valence-corrected chi connectivity index (χ1v) is 7.76. The molecule has 0 aliphatic rings. The van der Waals surface area contributed by atoms with Gasteiger partial charge in [-0.1, -0.05) is 29.8 Å². The third kappa shape index (κ3) is 4.76. The lowest BCUT2D eigenvalue weighted by Crippen LogP contribution is -2.30. The van der Waals surface area contributed by atoms with Crippen LogP contribution in [0.4, 0.5) is 11.4 Å². The van der Waals surface area contributed by atoms with Crippen molar-refractivity contribution in [2.75, 3.05) is 11.9 Å². The lowest BCUT2D eigenvalue weighted by atomic mass is 10.1. The van der Waals surface area contributed by atoms with E-state index in [-0.39, 0.29) is 35.4 Å². The second-order valence-corrected chi connectivity index (χ2v) is 5.68. The molecule has 2 aromatic rings. The van der Waals surface area contributed by atoms with E-state index in [0.29, 0.717) is 5.02 Å². The summed E-state index contributed by atoms with van der Waals surface area (Å²) in [4.78, 5) is 22.2. The Morgan fingerprint density at radius 2 is 2.08 bits per heavy atom. The van der Waals surface area contributed by atoms with Crippen molar-refractivity contribution in [3.8, 4) is 6.07 Å². The summed E-state index contributed by atoms with van der Waals surface area (Å²) < 4.78 is 0. The third-order valence-corrected chi connectivity index (χ3v) is 3.89. The maximum Gasteiger partial charge on any atom is 0.270 e. The van der Waals surface area contributed by atoms with Gasteiger partial charge in [0.15, 0.2) is 0 Å². The minimum atomic E-state index is -0.598. The zero-order chi connectivity index (χ0) is 18.4. The quantitative estimate of drug-likeness (QED) is 0.607. The molecule has 128 valence electrons. The molecule has 0 aliphatic carbocycles. The van der Waals surface area contributed by atoms with Crippen molar-refractivity contribution in [2.24, 2.45) is 0 Å². The lowest BCUT2D eigenvalue weighted by Gasteiger charge is -2.15. The molecule has 0 heterocycles. The van der Waals surface area contributed by atoms with Crippen LogP contribution in [-0.4, -0.2) is 17.4 Å². The number of hydrogen-bond donors (Lipinski definition) is 2. The maximum absolute atomic E-state index is 12.1. The van der Waals surface area contributed by atoms with Crippen molar-refractivity contribution < 1.29 is 9.72 Å². The highest BCUT2D eigenvalue weighted by Crippen LogP contribution is 2.23. The van der Waals surface area contributed by atoms with E-state index in [1.165, 1.54) is 12.1 Å². The second kappa shape index (κ2) is 8.24. The smallest absolute Gasteiger partial charge is 0.270 e.